The zero-order chi connectivity index (χ0) is 34.3. The van der Waals surface area contributed by atoms with Crippen LogP contribution < -0.4 is 15.0 Å². The molecule has 1 N–H and O–H groups in total. The molecule has 7 nitrogen and oxygen atoms in total. The highest BCUT2D eigenvalue weighted by Crippen LogP contribution is 2.25. The summed E-state index contributed by atoms with van der Waals surface area (Å²) in [5.41, 5.74) is 7.38. The first-order chi connectivity index (χ1) is 22.7. The lowest BCUT2D eigenvalue weighted by Crippen LogP contribution is -2.27. The van der Waals surface area contributed by atoms with E-state index in [-0.39, 0.29) is 0 Å². The summed E-state index contributed by atoms with van der Waals surface area (Å²) in [6, 6.07) is 16.6. The van der Waals surface area contributed by atoms with Crippen LogP contribution in [0.2, 0.25) is 0 Å². The molecular formula is C40H61N3O4. The highest BCUT2D eigenvalue weighted by atomic mass is 16.5. The molecule has 0 saturated heterocycles. The van der Waals surface area contributed by atoms with Gasteiger partial charge in [-0.3, -0.25) is 4.79 Å². The van der Waals surface area contributed by atoms with Crippen molar-refractivity contribution in [2.24, 2.45) is 5.92 Å². The van der Waals surface area contributed by atoms with Gasteiger partial charge in [0.2, 0.25) is 0 Å². The molecule has 0 aromatic heterocycles. The number of ether oxygens (including phenoxy) is 2. The van der Waals surface area contributed by atoms with Crippen LogP contribution in [0.5, 0.6) is 5.75 Å². The number of hydrogen-bond acceptors (Lipinski definition) is 7. The number of benzene rings is 2. The fraction of sp³-hybridized carbons (Fsp3) is 0.550. The Morgan fingerprint density at radius 2 is 1.68 bits per heavy atom. The first-order valence-corrected chi connectivity index (χ1v) is 17.5. The second-order valence-corrected chi connectivity index (χ2v) is 12.9. The van der Waals surface area contributed by atoms with Gasteiger partial charge in [0, 0.05) is 56.6 Å². The highest BCUT2D eigenvalue weighted by molar-refractivity contribution is 5.75. The summed E-state index contributed by atoms with van der Waals surface area (Å²) in [4.78, 5) is 24.8. The Kier molecular flexibility index (Phi) is 20.4. The molecule has 1 heterocycles. The summed E-state index contributed by atoms with van der Waals surface area (Å²) < 4.78 is 11.2. The third-order valence-corrected chi connectivity index (χ3v) is 8.79. The minimum Gasteiger partial charge on any atom is -0.491 e. The average Bonchev–Trinajstić information content (AvgIpc) is 3.08. The van der Waals surface area contributed by atoms with E-state index in [1.807, 2.05) is 46.1 Å². The Labute approximate surface area is 285 Å². The van der Waals surface area contributed by atoms with Crippen LogP contribution >= 0.6 is 0 Å². The molecule has 2 aromatic carbocycles. The summed E-state index contributed by atoms with van der Waals surface area (Å²) >= 11 is 0. The van der Waals surface area contributed by atoms with E-state index in [4.69, 9.17) is 9.47 Å². The van der Waals surface area contributed by atoms with E-state index in [2.05, 4.69) is 59.0 Å². The molecule has 0 unspecified atom stereocenters. The monoisotopic (exact) mass is 647 g/mol. The lowest BCUT2D eigenvalue weighted by atomic mass is 9.88. The molecule has 47 heavy (non-hydrogen) atoms. The standard InChI is InChI=1S/C17H25NO3.C10H13N.C8H13NO.C5H10/c19-10-3-8-18-9-11-20-12-13-21-17-7-6-15-4-1-2-5-16(15)14-17;1-9(2)11(3)10-7-5-4-6-8-10;1-7-3-4-9(2)5-8(7)6-10;1-5-3-2-4-5/h6-7,10,14,18H,1-5,8-9,11-13H2;4-8H,1H2,2-3H3;6H,3-5H2,1-2H3;5H,2-4H2,1H3. The second kappa shape index (κ2) is 24.0. The Bertz CT molecular complexity index is 1210. The number of nitrogens with one attached hydrogen (secondary N) is 1. The largest absolute Gasteiger partial charge is 0.491 e. The van der Waals surface area contributed by atoms with Crippen molar-refractivity contribution in [3.05, 3.63) is 83.1 Å². The van der Waals surface area contributed by atoms with Crippen LogP contribution in [0.25, 0.3) is 0 Å². The number of allylic oxidation sites excluding steroid dienone is 1. The molecule has 0 atom stereocenters. The first kappa shape index (κ1) is 39.9. The number of rotatable bonds is 13. The van der Waals surface area contributed by atoms with Gasteiger partial charge in [-0.05, 0) is 94.3 Å². The van der Waals surface area contributed by atoms with Gasteiger partial charge in [-0.15, -0.1) is 0 Å². The van der Waals surface area contributed by atoms with Crippen molar-refractivity contribution >= 4 is 18.3 Å². The molecule has 3 aliphatic rings. The summed E-state index contributed by atoms with van der Waals surface area (Å²) in [7, 11) is 4.05. The number of nitrogens with zero attached hydrogens (tertiary/aromatic N) is 2. The molecule has 2 aliphatic carbocycles. The summed E-state index contributed by atoms with van der Waals surface area (Å²) in [6.45, 7) is 15.4. The maximum Gasteiger partial charge on any atom is 0.147 e. The molecule has 1 fully saturated rings. The van der Waals surface area contributed by atoms with Crippen molar-refractivity contribution in [1.82, 2.24) is 10.2 Å². The number of para-hydroxylation sites is 1. The van der Waals surface area contributed by atoms with Crippen LogP contribution in [0, 0.1) is 5.92 Å². The molecule has 260 valence electrons. The van der Waals surface area contributed by atoms with E-state index in [1.165, 1.54) is 67.3 Å². The number of anilines is 1. The van der Waals surface area contributed by atoms with Crippen LogP contribution in [-0.2, 0) is 27.2 Å². The van der Waals surface area contributed by atoms with Crippen LogP contribution in [0.4, 0.5) is 5.69 Å². The molecule has 7 heteroatoms. The number of carbonyl (C=O) groups is 2. The Morgan fingerprint density at radius 1 is 0.979 bits per heavy atom. The molecule has 2 aromatic rings. The topological polar surface area (TPSA) is 71.1 Å². The number of aldehydes is 2. The fourth-order valence-corrected chi connectivity index (χ4v) is 5.20. The van der Waals surface area contributed by atoms with Gasteiger partial charge in [-0.25, -0.2) is 0 Å². The molecular weight excluding hydrogens is 586 g/mol. The van der Waals surface area contributed by atoms with E-state index < -0.39 is 0 Å². The minimum atomic E-state index is 0.557. The number of likely N-dealkylation sites (N-methyl/N-ethyl adjacent to an activating group) is 1. The lowest BCUT2D eigenvalue weighted by molar-refractivity contribution is -0.108. The van der Waals surface area contributed by atoms with E-state index in [9.17, 15) is 9.59 Å². The zero-order valence-electron chi connectivity index (χ0n) is 29.9. The van der Waals surface area contributed by atoms with E-state index in [0.717, 1.165) is 68.1 Å². The Morgan fingerprint density at radius 3 is 2.28 bits per heavy atom. The smallest absolute Gasteiger partial charge is 0.147 e. The van der Waals surface area contributed by atoms with Crippen LogP contribution in [-0.4, -0.2) is 77.6 Å². The third-order valence-electron chi connectivity index (χ3n) is 8.79. The van der Waals surface area contributed by atoms with Gasteiger partial charge in [-0.2, -0.15) is 0 Å². The molecule has 0 bridgehead atoms. The number of aryl methyl sites for hydroxylation is 2. The number of fused-ring (bicyclic) bond motifs is 1. The molecule has 0 spiro atoms. The zero-order valence-corrected chi connectivity index (χ0v) is 29.9. The van der Waals surface area contributed by atoms with Gasteiger partial charge in [0.15, 0.2) is 0 Å². The first-order valence-electron chi connectivity index (χ1n) is 17.5. The molecule has 1 aliphatic heterocycles. The van der Waals surface area contributed by atoms with Gasteiger partial charge in [-0.1, -0.05) is 62.6 Å². The number of carbonyl (C=O) groups excluding carboxylic acids is 2. The van der Waals surface area contributed by atoms with Gasteiger partial charge in [0.1, 0.15) is 24.9 Å². The maximum absolute atomic E-state index is 10.4. The molecule has 0 radical (unpaired) electrons. The molecule has 5 rings (SSSR count). The van der Waals surface area contributed by atoms with Crippen molar-refractivity contribution in [2.75, 3.05) is 65.0 Å². The Hall–Kier alpha value is -3.26. The van der Waals surface area contributed by atoms with Crippen LogP contribution in [0.15, 0.2) is 72.0 Å². The van der Waals surface area contributed by atoms with Gasteiger partial charge >= 0.3 is 0 Å². The van der Waals surface area contributed by atoms with Crippen LogP contribution in [0.1, 0.15) is 76.8 Å². The third kappa shape index (κ3) is 16.9. The van der Waals surface area contributed by atoms with Crippen molar-refractivity contribution in [1.29, 1.82) is 0 Å². The Balaban J connectivity index is 0.000000247. The molecule has 0 amide bonds. The molecule has 1 saturated carbocycles. The lowest BCUT2D eigenvalue weighted by Gasteiger charge is -2.23. The quantitative estimate of drug-likeness (QED) is 0.179. The van der Waals surface area contributed by atoms with Crippen molar-refractivity contribution in [2.45, 2.75) is 78.6 Å². The average molecular weight is 648 g/mol. The van der Waals surface area contributed by atoms with E-state index in [1.54, 1.807) is 0 Å². The van der Waals surface area contributed by atoms with E-state index in [0.29, 0.717) is 26.2 Å². The van der Waals surface area contributed by atoms with Crippen LogP contribution in [0.3, 0.4) is 0 Å². The summed E-state index contributed by atoms with van der Waals surface area (Å²) in [6.07, 6.45) is 12.9. The minimum absolute atomic E-state index is 0.557. The van der Waals surface area contributed by atoms with Gasteiger partial charge in [0.05, 0.1) is 13.2 Å². The number of hydrogen-bond donors (Lipinski definition) is 1. The van der Waals surface area contributed by atoms with Crippen molar-refractivity contribution in [3.8, 4) is 5.75 Å². The van der Waals surface area contributed by atoms with Gasteiger partial charge < -0.3 is 29.4 Å². The maximum atomic E-state index is 10.4. The summed E-state index contributed by atoms with van der Waals surface area (Å²) in [5, 5.41) is 3.13. The second-order valence-electron chi connectivity index (χ2n) is 12.9. The predicted octanol–water partition coefficient (Wildman–Crippen LogP) is 7.44. The predicted molar refractivity (Wildman–Crippen MR) is 197 cm³/mol. The van der Waals surface area contributed by atoms with Gasteiger partial charge in [0.25, 0.3) is 0 Å². The normalized spacial score (nSPS) is 15.6. The summed E-state index contributed by atoms with van der Waals surface area (Å²) in [5.74, 6) is 2.01. The van der Waals surface area contributed by atoms with E-state index >= 15 is 0 Å². The fourth-order valence-electron chi connectivity index (χ4n) is 5.20. The van der Waals surface area contributed by atoms with Crippen molar-refractivity contribution in [3.63, 3.8) is 0 Å². The van der Waals surface area contributed by atoms with Crippen molar-refractivity contribution < 1.29 is 19.1 Å². The SMILES string of the molecule is C=C(C)N(C)c1ccccc1.CC1=C(C=O)CN(C)CC1.CC1CCC1.O=CCCNCCOCCOc1ccc2c(c1)CCCC2. The highest BCUT2D eigenvalue weighted by Gasteiger charge is 2.12.